The first kappa shape index (κ1) is 13.5. The zero-order chi connectivity index (χ0) is 14.0. The molecule has 0 aromatic carbocycles. The quantitative estimate of drug-likeness (QED) is 0.885. The Morgan fingerprint density at radius 3 is 2.63 bits per heavy atom. The molecule has 0 saturated heterocycles. The van der Waals surface area contributed by atoms with Crippen LogP contribution in [-0.2, 0) is 20.1 Å². The van der Waals surface area contributed by atoms with Crippen LogP contribution in [0.3, 0.4) is 0 Å². The first-order valence-electron chi connectivity index (χ1n) is 6.24. The molecule has 2 aromatic heterocycles. The van der Waals surface area contributed by atoms with Gasteiger partial charge in [0.15, 0.2) is 5.82 Å². The van der Waals surface area contributed by atoms with E-state index >= 15 is 0 Å². The fourth-order valence-electron chi connectivity index (χ4n) is 2.10. The van der Waals surface area contributed by atoms with Crippen molar-refractivity contribution >= 4 is 5.82 Å². The highest BCUT2D eigenvalue weighted by Gasteiger charge is 2.14. The Labute approximate surface area is 113 Å². The maximum Gasteiger partial charge on any atom is 0.156 e. The monoisotopic (exact) mass is 260 g/mol. The van der Waals surface area contributed by atoms with E-state index < -0.39 is 0 Å². The first-order valence-corrected chi connectivity index (χ1v) is 6.24. The SMILES string of the molecule is Cc1nnc(N(C)Cc2cnn(C)c2)c(CN)c1C. The third-order valence-corrected chi connectivity index (χ3v) is 3.30. The van der Waals surface area contributed by atoms with Gasteiger partial charge < -0.3 is 10.6 Å². The molecule has 0 fully saturated rings. The predicted molar refractivity (Wildman–Crippen MR) is 74.7 cm³/mol. The maximum atomic E-state index is 5.84. The standard InChI is InChI=1S/C13H20N6/c1-9-10(2)16-17-13(12(9)5-14)18(3)7-11-6-15-19(4)8-11/h6,8H,5,7,14H2,1-4H3. The van der Waals surface area contributed by atoms with E-state index in [1.54, 1.807) is 4.68 Å². The molecule has 2 heterocycles. The molecule has 0 saturated carbocycles. The van der Waals surface area contributed by atoms with Gasteiger partial charge in [-0.25, -0.2) is 0 Å². The largest absolute Gasteiger partial charge is 0.353 e. The summed E-state index contributed by atoms with van der Waals surface area (Å²) in [5, 5.41) is 12.6. The average Bonchev–Trinajstić information content (AvgIpc) is 2.77. The van der Waals surface area contributed by atoms with Crippen molar-refractivity contribution in [1.29, 1.82) is 0 Å². The lowest BCUT2D eigenvalue weighted by Gasteiger charge is -2.21. The molecule has 2 aromatic rings. The maximum absolute atomic E-state index is 5.84. The second-order valence-corrected chi connectivity index (χ2v) is 4.80. The molecule has 0 aliphatic carbocycles. The smallest absolute Gasteiger partial charge is 0.156 e. The van der Waals surface area contributed by atoms with Crippen LogP contribution in [0.25, 0.3) is 0 Å². The number of aromatic nitrogens is 4. The Morgan fingerprint density at radius 2 is 2.05 bits per heavy atom. The fourth-order valence-corrected chi connectivity index (χ4v) is 2.10. The number of nitrogens with zero attached hydrogens (tertiary/aromatic N) is 5. The molecule has 6 nitrogen and oxygen atoms in total. The van der Waals surface area contributed by atoms with Crippen molar-refractivity contribution in [2.24, 2.45) is 12.8 Å². The summed E-state index contributed by atoms with van der Waals surface area (Å²) in [5.74, 6) is 0.842. The molecule has 102 valence electrons. The molecule has 0 bridgehead atoms. The third kappa shape index (κ3) is 2.73. The van der Waals surface area contributed by atoms with E-state index in [-0.39, 0.29) is 0 Å². The summed E-state index contributed by atoms with van der Waals surface area (Å²) in [6.45, 7) is 5.19. The van der Waals surface area contributed by atoms with Gasteiger partial charge in [-0.3, -0.25) is 4.68 Å². The van der Waals surface area contributed by atoms with E-state index in [9.17, 15) is 0 Å². The molecule has 0 radical (unpaired) electrons. The second kappa shape index (κ2) is 5.36. The van der Waals surface area contributed by atoms with Gasteiger partial charge in [0.25, 0.3) is 0 Å². The third-order valence-electron chi connectivity index (χ3n) is 3.30. The molecule has 6 heteroatoms. The molecule has 0 aliphatic heterocycles. The minimum absolute atomic E-state index is 0.467. The van der Waals surface area contributed by atoms with E-state index in [2.05, 4.69) is 20.2 Å². The normalized spacial score (nSPS) is 10.8. The van der Waals surface area contributed by atoms with Crippen LogP contribution in [0.1, 0.15) is 22.4 Å². The summed E-state index contributed by atoms with van der Waals surface area (Å²) in [7, 11) is 3.90. The predicted octanol–water partition coefficient (Wildman–Crippen LogP) is 0.922. The van der Waals surface area contributed by atoms with E-state index in [4.69, 9.17) is 5.73 Å². The van der Waals surface area contributed by atoms with Crippen LogP contribution in [0.4, 0.5) is 5.82 Å². The minimum Gasteiger partial charge on any atom is -0.353 e. The van der Waals surface area contributed by atoms with Gasteiger partial charge in [0.1, 0.15) is 0 Å². The van der Waals surface area contributed by atoms with Crippen molar-refractivity contribution in [1.82, 2.24) is 20.0 Å². The van der Waals surface area contributed by atoms with Gasteiger partial charge in [0.2, 0.25) is 0 Å². The molecule has 0 aliphatic rings. The summed E-state index contributed by atoms with van der Waals surface area (Å²) >= 11 is 0. The fraction of sp³-hybridized carbons (Fsp3) is 0.462. The van der Waals surface area contributed by atoms with E-state index in [0.717, 1.165) is 34.7 Å². The summed E-state index contributed by atoms with van der Waals surface area (Å²) in [6, 6.07) is 0. The minimum atomic E-state index is 0.467. The summed E-state index contributed by atoms with van der Waals surface area (Å²) in [4.78, 5) is 2.05. The second-order valence-electron chi connectivity index (χ2n) is 4.80. The van der Waals surface area contributed by atoms with Crippen LogP contribution >= 0.6 is 0 Å². The number of anilines is 1. The van der Waals surface area contributed by atoms with Gasteiger partial charge >= 0.3 is 0 Å². The molecular weight excluding hydrogens is 240 g/mol. The van der Waals surface area contributed by atoms with Crippen molar-refractivity contribution < 1.29 is 0 Å². The highest BCUT2D eigenvalue weighted by Crippen LogP contribution is 2.21. The Kier molecular flexibility index (Phi) is 3.80. The number of hydrogen-bond donors (Lipinski definition) is 1. The Bertz CT molecular complexity index is 575. The highest BCUT2D eigenvalue weighted by atomic mass is 15.3. The van der Waals surface area contributed by atoms with Gasteiger partial charge in [0.05, 0.1) is 11.9 Å². The molecule has 0 spiro atoms. The highest BCUT2D eigenvalue weighted by molar-refractivity contribution is 5.50. The molecular formula is C13H20N6. The van der Waals surface area contributed by atoms with Gasteiger partial charge in [-0.1, -0.05) is 0 Å². The lowest BCUT2D eigenvalue weighted by molar-refractivity contribution is 0.765. The van der Waals surface area contributed by atoms with Crippen LogP contribution in [0.5, 0.6) is 0 Å². The Balaban J connectivity index is 2.28. The summed E-state index contributed by atoms with van der Waals surface area (Å²) in [5.41, 5.74) is 10.1. The van der Waals surface area contributed by atoms with Crippen LogP contribution in [-0.4, -0.2) is 27.0 Å². The Hall–Kier alpha value is -1.95. The van der Waals surface area contributed by atoms with Gasteiger partial charge in [-0.15, -0.1) is 5.10 Å². The molecule has 2 rings (SSSR count). The van der Waals surface area contributed by atoms with Crippen molar-refractivity contribution in [3.8, 4) is 0 Å². The lowest BCUT2D eigenvalue weighted by Crippen LogP contribution is -2.22. The molecule has 0 atom stereocenters. The van der Waals surface area contributed by atoms with E-state index in [0.29, 0.717) is 6.54 Å². The topological polar surface area (TPSA) is 72.9 Å². The van der Waals surface area contributed by atoms with Crippen molar-refractivity contribution in [2.45, 2.75) is 26.9 Å². The number of nitrogens with two attached hydrogens (primary N) is 1. The Morgan fingerprint density at radius 1 is 1.32 bits per heavy atom. The van der Waals surface area contributed by atoms with Crippen molar-refractivity contribution in [3.63, 3.8) is 0 Å². The molecule has 0 unspecified atom stereocenters. The van der Waals surface area contributed by atoms with Crippen LogP contribution in [0.2, 0.25) is 0 Å². The lowest BCUT2D eigenvalue weighted by atomic mass is 10.1. The zero-order valence-corrected chi connectivity index (χ0v) is 11.9. The summed E-state index contributed by atoms with van der Waals surface area (Å²) in [6.07, 6.45) is 3.85. The number of aryl methyl sites for hydroxylation is 2. The molecule has 2 N–H and O–H groups in total. The zero-order valence-electron chi connectivity index (χ0n) is 11.9. The van der Waals surface area contributed by atoms with Crippen LogP contribution < -0.4 is 10.6 Å². The molecule has 0 amide bonds. The van der Waals surface area contributed by atoms with Gasteiger partial charge in [0, 0.05) is 44.5 Å². The van der Waals surface area contributed by atoms with Crippen molar-refractivity contribution in [2.75, 3.05) is 11.9 Å². The molecule has 19 heavy (non-hydrogen) atoms. The number of hydrogen-bond acceptors (Lipinski definition) is 5. The van der Waals surface area contributed by atoms with E-state index in [1.165, 1.54) is 0 Å². The average molecular weight is 260 g/mol. The summed E-state index contributed by atoms with van der Waals surface area (Å²) < 4.78 is 1.79. The van der Waals surface area contributed by atoms with E-state index in [1.807, 2.05) is 40.3 Å². The van der Waals surface area contributed by atoms with Crippen LogP contribution in [0.15, 0.2) is 12.4 Å². The van der Waals surface area contributed by atoms with Gasteiger partial charge in [-0.05, 0) is 19.4 Å². The number of rotatable bonds is 4. The van der Waals surface area contributed by atoms with Crippen LogP contribution in [0, 0.1) is 13.8 Å². The van der Waals surface area contributed by atoms with Crippen molar-refractivity contribution in [3.05, 3.63) is 34.8 Å². The van der Waals surface area contributed by atoms with Gasteiger partial charge in [-0.2, -0.15) is 10.2 Å². The first-order chi connectivity index (χ1) is 9.02.